The molecule has 1 N–H and O–H groups in total. The Kier molecular flexibility index (Phi) is 3.98. The maximum atomic E-state index is 11.3. The topological polar surface area (TPSA) is 70.7 Å². The molecule has 0 saturated heterocycles. The van der Waals surface area contributed by atoms with Gasteiger partial charge in [0.15, 0.2) is 5.82 Å². The number of aryl methyl sites for hydroxylation is 1. The van der Waals surface area contributed by atoms with E-state index in [1.54, 1.807) is 12.1 Å². The Balaban J connectivity index is 2.68. The van der Waals surface area contributed by atoms with E-state index in [1.807, 2.05) is 13.0 Å². The van der Waals surface area contributed by atoms with Gasteiger partial charge in [0.2, 0.25) is 5.91 Å². The second kappa shape index (κ2) is 5.53. The van der Waals surface area contributed by atoms with Crippen molar-refractivity contribution in [3.8, 4) is 11.8 Å². The molecule has 0 spiro atoms. The average Bonchev–Trinajstić information content (AvgIpc) is 2.70. The molecule has 0 atom stereocenters. The number of rotatable bonds is 2. The number of anilines is 1. The fourth-order valence-corrected chi connectivity index (χ4v) is 2.52. The number of aromatic nitrogens is 2. The van der Waals surface area contributed by atoms with Crippen molar-refractivity contribution < 1.29 is 4.79 Å². The van der Waals surface area contributed by atoms with Gasteiger partial charge in [-0.3, -0.25) is 4.79 Å². The molecule has 1 aromatic heterocycles. The molecule has 0 radical (unpaired) electrons. The second-order valence-corrected chi connectivity index (χ2v) is 5.01. The zero-order chi connectivity index (χ0) is 14.9. The highest BCUT2D eigenvalue weighted by molar-refractivity contribution is 6.36. The van der Waals surface area contributed by atoms with Crippen LogP contribution in [-0.4, -0.2) is 15.7 Å². The number of carbonyl (C=O) groups is 1. The Hall–Kier alpha value is -2.03. The molecule has 20 heavy (non-hydrogen) atoms. The summed E-state index contributed by atoms with van der Waals surface area (Å²) in [6.07, 6.45) is 1.37. The van der Waals surface area contributed by atoms with Gasteiger partial charge in [-0.05, 0) is 24.6 Å². The molecule has 0 fully saturated rings. The van der Waals surface area contributed by atoms with Gasteiger partial charge in [0.05, 0.1) is 16.9 Å². The van der Waals surface area contributed by atoms with Gasteiger partial charge in [-0.15, -0.1) is 0 Å². The van der Waals surface area contributed by atoms with Crippen LogP contribution in [0.5, 0.6) is 0 Å². The predicted octanol–water partition coefficient (Wildman–Crippen LogP) is 3.32. The van der Waals surface area contributed by atoms with Gasteiger partial charge in [-0.25, -0.2) is 4.68 Å². The van der Waals surface area contributed by atoms with Crippen LogP contribution < -0.4 is 5.32 Å². The lowest BCUT2D eigenvalue weighted by Gasteiger charge is -2.13. The quantitative estimate of drug-likeness (QED) is 0.925. The third-order valence-electron chi connectivity index (χ3n) is 2.61. The van der Waals surface area contributed by atoms with Crippen LogP contribution in [0.25, 0.3) is 5.69 Å². The van der Waals surface area contributed by atoms with E-state index >= 15 is 0 Å². The molecule has 5 nitrogen and oxygen atoms in total. The average molecular weight is 309 g/mol. The van der Waals surface area contributed by atoms with Crippen LogP contribution in [0.3, 0.4) is 0 Å². The molecular weight excluding hydrogens is 299 g/mol. The first-order valence-corrected chi connectivity index (χ1v) is 6.41. The molecule has 2 rings (SSSR count). The first-order chi connectivity index (χ1) is 9.43. The molecule has 1 amide bonds. The number of hydrogen-bond acceptors (Lipinski definition) is 3. The first kappa shape index (κ1) is 14.4. The third kappa shape index (κ3) is 2.62. The molecule has 0 unspecified atom stereocenters. The fraction of sp³-hybridized carbons (Fsp3) is 0.154. The zero-order valence-corrected chi connectivity index (χ0v) is 12.2. The summed E-state index contributed by atoms with van der Waals surface area (Å²) in [4.78, 5) is 11.3. The summed E-state index contributed by atoms with van der Waals surface area (Å²) in [6.45, 7) is 3.17. The minimum Gasteiger partial charge on any atom is -0.310 e. The van der Waals surface area contributed by atoms with Crippen molar-refractivity contribution in [1.82, 2.24) is 9.78 Å². The van der Waals surface area contributed by atoms with Gasteiger partial charge in [-0.2, -0.15) is 10.4 Å². The van der Waals surface area contributed by atoms with E-state index in [-0.39, 0.29) is 17.3 Å². The number of nitrogens with zero attached hydrogens (tertiary/aromatic N) is 3. The van der Waals surface area contributed by atoms with Crippen LogP contribution in [0.2, 0.25) is 10.0 Å². The Bertz CT molecular complexity index is 707. The summed E-state index contributed by atoms with van der Waals surface area (Å²) >= 11 is 12.1. The molecule has 0 saturated carbocycles. The molecule has 7 heteroatoms. The number of carbonyl (C=O) groups excluding carboxylic acids is 1. The van der Waals surface area contributed by atoms with E-state index < -0.39 is 0 Å². The summed E-state index contributed by atoms with van der Waals surface area (Å²) in [5.41, 5.74) is 1.61. The fourth-order valence-electron chi connectivity index (χ4n) is 1.85. The van der Waals surface area contributed by atoms with Gasteiger partial charge in [0.25, 0.3) is 0 Å². The van der Waals surface area contributed by atoms with Crippen LogP contribution in [0.1, 0.15) is 18.1 Å². The lowest BCUT2D eigenvalue weighted by atomic mass is 10.2. The Morgan fingerprint density at radius 2 is 2.15 bits per heavy atom. The maximum Gasteiger partial charge on any atom is 0.222 e. The van der Waals surface area contributed by atoms with Gasteiger partial charge in [0.1, 0.15) is 11.6 Å². The Morgan fingerprint density at radius 1 is 1.45 bits per heavy atom. The smallest absolute Gasteiger partial charge is 0.222 e. The minimum atomic E-state index is -0.300. The molecule has 0 aliphatic rings. The van der Waals surface area contributed by atoms with E-state index in [9.17, 15) is 4.79 Å². The van der Waals surface area contributed by atoms with Crippen LogP contribution in [0, 0.1) is 18.3 Å². The van der Waals surface area contributed by atoms with Crippen molar-refractivity contribution in [2.45, 2.75) is 13.8 Å². The number of nitriles is 1. The predicted molar refractivity (Wildman–Crippen MR) is 77.3 cm³/mol. The molecule has 1 aromatic carbocycles. The molecule has 102 valence electrons. The molecule has 1 heterocycles. The summed E-state index contributed by atoms with van der Waals surface area (Å²) in [6, 6.07) is 5.28. The van der Waals surface area contributed by atoms with Crippen LogP contribution in [0.4, 0.5) is 5.82 Å². The van der Waals surface area contributed by atoms with Crippen molar-refractivity contribution in [3.05, 3.63) is 39.5 Å². The van der Waals surface area contributed by atoms with E-state index in [1.165, 1.54) is 17.8 Å². The zero-order valence-electron chi connectivity index (χ0n) is 10.7. The monoisotopic (exact) mass is 308 g/mol. The normalized spacial score (nSPS) is 10.2. The van der Waals surface area contributed by atoms with Crippen LogP contribution in [0.15, 0.2) is 18.3 Å². The first-order valence-electron chi connectivity index (χ1n) is 5.65. The number of nitrogens with one attached hydrogen (secondary N) is 1. The van der Waals surface area contributed by atoms with Gasteiger partial charge in [0, 0.05) is 11.9 Å². The largest absolute Gasteiger partial charge is 0.310 e. The van der Waals surface area contributed by atoms with Crippen molar-refractivity contribution in [3.63, 3.8) is 0 Å². The number of benzene rings is 1. The lowest BCUT2D eigenvalue weighted by Crippen LogP contribution is -2.13. The van der Waals surface area contributed by atoms with Gasteiger partial charge in [-0.1, -0.05) is 23.2 Å². The number of amides is 1. The van der Waals surface area contributed by atoms with Crippen LogP contribution >= 0.6 is 23.2 Å². The minimum absolute atomic E-state index is 0.255. The second-order valence-electron chi connectivity index (χ2n) is 4.16. The molecule has 0 aliphatic heterocycles. The Morgan fingerprint density at radius 3 is 2.70 bits per heavy atom. The van der Waals surface area contributed by atoms with E-state index in [0.717, 1.165) is 5.56 Å². The maximum absolute atomic E-state index is 11.3. The SMILES string of the molecule is CC(=O)Nc1c(C#N)cnn1-c1c(C)cc(Cl)cc1Cl. The van der Waals surface area contributed by atoms with Gasteiger partial charge < -0.3 is 5.32 Å². The number of hydrogen-bond donors (Lipinski definition) is 1. The van der Waals surface area contributed by atoms with Crippen molar-refractivity contribution in [2.24, 2.45) is 0 Å². The third-order valence-corrected chi connectivity index (χ3v) is 3.12. The highest BCUT2D eigenvalue weighted by atomic mass is 35.5. The van der Waals surface area contributed by atoms with Crippen molar-refractivity contribution in [2.75, 3.05) is 5.32 Å². The van der Waals surface area contributed by atoms with E-state index in [2.05, 4.69) is 10.4 Å². The molecule has 0 bridgehead atoms. The Labute approximate surface area is 125 Å². The van der Waals surface area contributed by atoms with E-state index in [4.69, 9.17) is 28.5 Å². The van der Waals surface area contributed by atoms with Crippen molar-refractivity contribution >= 4 is 34.9 Å². The summed E-state index contributed by atoms with van der Waals surface area (Å²) in [7, 11) is 0. The molecule has 0 aliphatic carbocycles. The summed E-state index contributed by atoms with van der Waals surface area (Å²) in [5.74, 6) is -0.0155. The van der Waals surface area contributed by atoms with Gasteiger partial charge >= 0.3 is 0 Å². The van der Waals surface area contributed by atoms with Crippen molar-refractivity contribution in [1.29, 1.82) is 5.26 Å². The van der Waals surface area contributed by atoms with E-state index in [0.29, 0.717) is 15.7 Å². The standard InChI is InChI=1S/C13H10Cl2N4O/c1-7-3-10(14)4-11(15)12(7)19-13(18-8(2)20)9(5-16)6-17-19/h3-4,6H,1-2H3,(H,18,20). The number of halogens is 2. The lowest BCUT2D eigenvalue weighted by molar-refractivity contribution is -0.114. The summed E-state index contributed by atoms with van der Waals surface area (Å²) in [5, 5.41) is 16.7. The highest BCUT2D eigenvalue weighted by Crippen LogP contribution is 2.31. The van der Waals surface area contributed by atoms with Crippen LogP contribution in [-0.2, 0) is 4.79 Å². The molecular formula is C13H10Cl2N4O. The molecule has 2 aromatic rings. The highest BCUT2D eigenvalue weighted by Gasteiger charge is 2.17. The summed E-state index contributed by atoms with van der Waals surface area (Å²) < 4.78 is 1.42.